The predicted octanol–water partition coefficient (Wildman–Crippen LogP) is 6.48. The molecule has 5 nitrogen and oxygen atoms in total. The number of amides is 1. The summed E-state index contributed by atoms with van der Waals surface area (Å²) in [6, 6.07) is 12.7. The minimum absolute atomic E-state index is 0.229. The lowest BCUT2D eigenvalue weighted by molar-refractivity contribution is -0.118. The monoisotopic (exact) mass is 477 g/mol. The van der Waals surface area contributed by atoms with E-state index in [9.17, 15) is 9.59 Å². The smallest absolute Gasteiger partial charge is 0.341 e. The van der Waals surface area contributed by atoms with Crippen LogP contribution in [0.15, 0.2) is 47.8 Å². The first kappa shape index (κ1) is 23.1. The van der Waals surface area contributed by atoms with Gasteiger partial charge in [-0.25, -0.2) is 4.79 Å². The summed E-state index contributed by atoms with van der Waals surface area (Å²) in [6.45, 7) is 3.75. The van der Waals surface area contributed by atoms with Gasteiger partial charge in [0.05, 0.1) is 11.6 Å². The zero-order valence-electron chi connectivity index (χ0n) is 17.0. The van der Waals surface area contributed by atoms with Crippen molar-refractivity contribution in [3.8, 4) is 16.9 Å². The number of hydrogen-bond acceptors (Lipinski definition) is 5. The van der Waals surface area contributed by atoms with Crippen LogP contribution in [-0.4, -0.2) is 25.1 Å². The summed E-state index contributed by atoms with van der Waals surface area (Å²) >= 11 is 13.3. The Morgan fingerprint density at radius 1 is 1.06 bits per heavy atom. The molecule has 0 saturated heterocycles. The number of esters is 1. The zero-order valence-corrected chi connectivity index (χ0v) is 19.4. The first-order valence-electron chi connectivity index (χ1n) is 9.68. The number of benzene rings is 2. The topological polar surface area (TPSA) is 64.6 Å². The molecule has 1 heterocycles. The molecule has 31 heavy (non-hydrogen) atoms. The number of aryl methyl sites for hydroxylation is 1. The van der Waals surface area contributed by atoms with Crippen molar-refractivity contribution in [2.45, 2.75) is 20.3 Å². The number of rotatable bonds is 8. The van der Waals surface area contributed by atoms with E-state index in [4.69, 9.17) is 32.7 Å². The molecule has 0 spiro atoms. The molecule has 0 fully saturated rings. The number of ether oxygens (including phenoxy) is 2. The van der Waals surface area contributed by atoms with E-state index in [-0.39, 0.29) is 13.2 Å². The highest BCUT2D eigenvalue weighted by Crippen LogP contribution is 2.36. The van der Waals surface area contributed by atoms with Gasteiger partial charge in [-0.2, -0.15) is 0 Å². The molecule has 3 aromatic rings. The number of thiophene rings is 1. The number of carbonyl (C=O) groups excluding carboxylic acids is 2. The number of carbonyl (C=O) groups is 2. The Labute approximate surface area is 194 Å². The molecule has 8 heteroatoms. The third-order valence-corrected chi connectivity index (χ3v) is 5.89. The fourth-order valence-electron chi connectivity index (χ4n) is 2.88. The highest BCUT2D eigenvalue weighted by molar-refractivity contribution is 7.15. The highest BCUT2D eigenvalue weighted by Gasteiger charge is 2.23. The van der Waals surface area contributed by atoms with E-state index in [1.165, 1.54) is 23.0 Å². The maximum absolute atomic E-state index is 12.7. The molecule has 0 atom stereocenters. The molecule has 0 aliphatic rings. The Hall–Kier alpha value is -2.54. The lowest BCUT2D eigenvalue weighted by Crippen LogP contribution is -2.21. The molecule has 162 valence electrons. The molecular formula is C23H21Cl2NO4S. The lowest BCUT2D eigenvalue weighted by Gasteiger charge is -2.10. The van der Waals surface area contributed by atoms with Crippen molar-refractivity contribution >= 4 is 51.4 Å². The van der Waals surface area contributed by atoms with Crippen molar-refractivity contribution in [2.24, 2.45) is 0 Å². The van der Waals surface area contributed by atoms with Crippen LogP contribution in [-0.2, 0) is 16.0 Å². The molecule has 0 radical (unpaired) electrons. The van der Waals surface area contributed by atoms with Crippen molar-refractivity contribution in [3.05, 3.63) is 69.0 Å². The standard InChI is InChI=1S/C23H21Cl2NO4S/c1-3-14-5-7-15(8-6-14)17-13-31-22(21(17)23(28)29-4-2)26-20(27)12-30-19-11-16(24)9-10-18(19)25/h5-11,13H,3-4,12H2,1-2H3,(H,26,27). The summed E-state index contributed by atoms with van der Waals surface area (Å²) < 4.78 is 10.7. The average molecular weight is 478 g/mol. The number of hydrogen-bond donors (Lipinski definition) is 1. The summed E-state index contributed by atoms with van der Waals surface area (Å²) in [6.07, 6.45) is 0.923. The van der Waals surface area contributed by atoms with Crippen LogP contribution < -0.4 is 10.1 Å². The van der Waals surface area contributed by atoms with Crippen LogP contribution in [0.4, 0.5) is 5.00 Å². The number of anilines is 1. The van der Waals surface area contributed by atoms with Gasteiger partial charge in [-0.15, -0.1) is 11.3 Å². The summed E-state index contributed by atoms with van der Waals surface area (Å²) in [7, 11) is 0. The molecule has 1 N–H and O–H groups in total. The fourth-order valence-corrected chi connectivity index (χ4v) is 4.19. The second kappa shape index (κ2) is 10.7. The van der Waals surface area contributed by atoms with Crippen LogP contribution in [0, 0.1) is 0 Å². The van der Waals surface area contributed by atoms with Crippen molar-refractivity contribution in [3.63, 3.8) is 0 Å². The quantitative estimate of drug-likeness (QED) is 0.377. The summed E-state index contributed by atoms with van der Waals surface area (Å²) in [5, 5.41) is 5.77. The molecule has 0 unspecified atom stereocenters. The van der Waals surface area contributed by atoms with E-state index in [2.05, 4.69) is 12.2 Å². The minimum atomic E-state index is -0.493. The van der Waals surface area contributed by atoms with E-state index >= 15 is 0 Å². The molecule has 0 bridgehead atoms. The second-order valence-corrected chi connectivity index (χ2v) is 8.26. The molecule has 0 saturated carbocycles. The number of nitrogens with one attached hydrogen (secondary N) is 1. The average Bonchev–Trinajstić information content (AvgIpc) is 3.18. The Kier molecular flexibility index (Phi) is 7.96. The number of halogens is 2. The fraction of sp³-hybridized carbons (Fsp3) is 0.217. The molecule has 3 rings (SSSR count). The molecule has 0 aliphatic carbocycles. The Morgan fingerprint density at radius 3 is 2.48 bits per heavy atom. The Balaban J connectivity index is 1.81. The van der Waals surface area contributed by atoms with Crippen molar-refractivity contribution in [1.82, 2.24) is 0 Å². The molecule has 1 aromatic heterocycles. The molecule has 0 aliphatic heterocycles. The van der Waals surface area contributed by atoms with Gasteiger partial charge in [-0.05, 0) is 36.6 Å². The zero-order chi connectivity index (χ0) is 22.4. The van der Waals surface area contributed by atoms with Gasteiger partial charge in [0, 0.05) is 22.0 Å². The van der Waals surface area contributed by atoms with Crippen molar-refractivity contribution in [1.29, 1.82) is 0 Å². The van der Waals surface area contributed by atoms with Gasteiger partial charge in [0.1, 0.15) is 16.3 Å². The largest absolute Gasteiger partial charge is 0.482 e. The van der Waals surface area contributed by atoms with Crippen LogP contribution >= 0.6 is 34.5 Å². The van der Waals surface area contributed by atoms with Gasteiger partial charge in [0.15, 0.2) is 6.61 Å². The lowest BCUT2D eigenvalue weighted by atomic mass is 10.0. The highest BCUT2D eigenvalue weighted by atomic mass is 35.5. The predicted molar refractivity (Wildman–Crippen MR) is 126 cm³/mol. The van der Waals surface area contributed by atoms with Crippen LogP contribution in [0.3, 0.4) is 0 Å². The summed E-state index contributed by atoms with van der Waals surface area (Å²) in [5.74, 6) is -0.624. The van der Waals surface area contributed by atoms with Gasteiger partial charge in [0.2, 0.25) is 0 Å². The van der Waals surface area contributed by atoms with Crippen molar-refractivity contribution < 1.29 is 19.1 Å². The van der Waals surface area contributed by atoms with E-state index in [0.717, 1.165) is 12.0 Å². The summed E-state index contributed by atoms with van der Waals surface area (Å²) in [4.78, 5) is 25.1. The first-order chi connectivity index (χ1) is 14.9. The Morgan fingerprint density at radius 2 is 1.81 bits per heavy atom. The molecule has 2 aromatic carbocycles. The van der Waals surface area contributed by atoms with Gasteiger partial charge in [0.25, 0.3) is 5.91 Å². The minimum Gasteiger partial charge on any atom is -0.482 e. The van der Waals surface area contributed by atoms with Crippen LogP contribution in [0.1, 0.15) is 29.8 Å². The maximum atomic E-state index is 12.7. The van der Waals surface area contributed by atoms with E-state index in [0.29, 0.717) is 31.9 Å². The normalized spacial score (nSPS) is 10.6. The van der Waals surface area contributed by atoms with Crippen molar-refractivity contribution in [2.75, 3.05) is 18.5 Å². The van der Waals surface area contributed by atoms with Gasteiger partial charge < -0.3 is 14.8 Å². The van der Waals surface area contributed by atoms with E-state index in [1.807, 2.05) is 29.6 Å². The van der Waals surface area contributed by atoms with Crippen LogP contribution in [0.25, 0.3) is 11.1 Å². The molecule has 1 amide bonds. The van der Waals surface area contributed by atoms with Gasteiger partial charge >= 0.3 is 5.97 Å². The summed E-state index contributed by atoms with van der Waals surface area (Å²) in [5.41, 5.74) is 3.10. The SMILES string of the molecule is CCOC(=O)c1c(-c2ccc(CC)cc2)csc1NC(=O)COc1cc(Cl)ccc1Cl. The third kappa shape index (κ3) is 5.79. The van der Waals surface area contributed by atoms with E-state index in [1.54, 1.807) is 19.1 Å². The molecular weight excluding hydrogens is 457 g/mol. The second-order valence-electron chi connectivity index (χ2n) is 6.54. The first-order valence-corrected chi connectivity index (χ1v) is 11.3. The Bertz CT molecular complexity index is 1080. The van der Waals surface area contributed by atoms with Crippen LogP contribution in [0.5, 0.6) is 5.75 Å². The third-order valence-electron chi connectivity index (χ3n) is 4.45. The van der Waals surface area contributed by atoms with Gasteiger partial charge in [-0.1, -0.05) is 54.4 Å². The van der Waals surface area contributed by atoms with Crippen LogP contribution in [0.2, 0.25) is 10.0 Å². The van der Waals surface area contributed by atoms with E-state index < -0.39 is 11.9 Å². The maximum Gasteiger partial charge on any atom is 0.341 e. The van der Waals surface area contributed by atoms with Gasteiger partial charge in [-0.3, -0.25) is 4.79 Å².